The predicted molar refractivity (Wildman–Crippen MR) is 95.7 cm³/mol. The lowest BCUT2D eigenvalue weighted by Gasteiger charge is -2.36. The van der Waals surface area contributed by atoms with Gasteiger partial charge in [0.05, 0.1) is 12.1 Å². The number of anilines is 1. The van der Waals surface area contributed by atoms with Gasteiger partial charge < -0.3 is 16.2 Å². The fourth-order valence-corrected chi connectivity index (χ4v) is 2.89. The lowest BCUT2D eigenvalue weighted by Crippen LogP contribution is -2.51. The number of amidine groups is 1. The van der Waals surface area contributed by atoms with Crippen LogP contribution in [0.25, 0.3) is 0 Å². The largest absolute Gasteiger partial charge is 0.459 e. The molecule has 0 fully saturated rings. The summed E-state index contributed by atoms with van der Waals surface area (Å²) >= 11 is 0. The van der Waals surface area contributed by atoms with Crippen molar-refractivity contribution in [1.82, 2.24) is 9.97 Å². The Morgan fingerprint density at radius 1 is 1.30 bits per heavy atom. The molecule has 7 nitrogen and oxygen atoms in total. The normalized spacial score (nSPS) is 20.6. The molecule has 0 amide bonds. The van der Waals surface area contributed by atoms with Crippen molar-refractivity contribution < 1.29 is 31.5 Å². The monoisotopic (exact) mass is 429 g/mol. The summed E-state index contributed by atoms with van der Waals surface area (Å²) in [4.78, 5) is 23.5. The van der Waals surface area contributed by atoms with Crippen molar-refractivity contribution in [2.75, 3.05) is 12.3 Å². The number of alkyl halides is 4. The number of ether oxygens (including phenoxy) is 1. The molecular formula is C18H16F5N5O2. The number of rotatable bonds is 5. The number of Topliss-reactive ketones (excluding diaryl/α,β-unsaturated/α-hetero) is 1. The Labute approximate surface area is 167 Å². The van der Waals surface area contributed by atoms with Gasteiger partial charge in [0.1, 0.15) is 17.2 Å². The maximum Gasteiger partial charge on any atom is 0.311 e. The number of ketones is 1. The van der Waals surface area contributed by atoms with E-state index in [0.717, 1.165) is 31.3 Å². The van der Waals surface area contributed by atoms with Crippen LogP contribution in [0.5, 0.6) is 0 Å². The number of nitrogens with zero attached hydrogens (tertiary/aromatic N) is 3. The quantitative estimate of drug-likeness (QED) is 0.558. The molecule has 0 radical (unpaired) electrons. The smallest absolute Gasteiger partial charge is 0.311 e. The molecule has 1 aliphatic rings. The molecule has 2 aromatic heterocycles. The number of hydrogen-bond acceptors (Lipinski definition) is 7. The highest BCUT2D eigenvalue weighted by molar-refractivity contribution is 5.99. The first-order chi connectivity index (χ1) is 13.9. The zero-order valence-corrected chi connectivity index (χ0v) is 15.5. The molecular weight excluding hydrogens is 413 g/mol. The third-order valence-electron chi connectivity index (χ3n) is 4.61. The molecule has 160 valence electrons. The van der Waals surface area contributed by atoms with Crippen LogP contribution in [0.1, 0.15) is 40.8 Å². The second-order valence-electron chi connectivity index (χ2n) is 6.76. The van der Waals surface area contributed by atoms with Crippen LogP contribution in [0.2, 0.25) is 0 Å². The van der Waals surface area contributed by atoms with Crippen LogP contribution in [-0.2, 0) is 16.7 Å². The zero-order valence-electron chi connectivity index (χ0n) is 15.5. The Morgan fingerprint density at radius 2 is 2.00 bits per heavy atom. The predicted octanol–water partition coefficient (Wildman–Crippen LogP) is 2.76. The van der Waals surface area contributed by atoms with E-state index >= 15 is 0 Å². The molecule has 0 unspecified atom stereocenters. The first-order valence-electron chi connectivity index (χ1n) is 8.53. The Morgan fingerprint density at radius 3 is 2.63 bits per heavy atom. The van der Waals surface area contributed by atoms with E-state index in [1.807, 2.05) is 0 Å². The molecule has 0 aliphatic carbocycles. The van der Waals surface area contributed by atoms with Crippen molar-refractivity contribution in [1.29, 1.82) is 0 Å². The third kappa shape index (κ3) is 3.76. The van der Waals surface area contributed by atoms with Gasteiger partial charge in [-0.2, -0.15) is 8.78 Å². The van der Waals surface area contributed by atoms with Crippen molar-refractivity contribution in [2.45, 2.75) is 31.2 Å². The molecule has 12 heteroatoms. The second kappa shape index (κ2) is 7.50. The fraction of sp³-hybridized carbons (Fsp3) is 0.333. The molecule has 0 aromatic carbocycles. The number of nitrogens with two attached hydrogens (primary N) is 2. The summed E-state index contributed by atoms with van der Waals surface area (Å²) in [7, 11) is 0. The highest BCUT2D eigenvalue weighted by Gasteiger charge is 2.57. The van der Waals surface area contributed by atoms with E-state index in [0.29, 0.717) is 0 Å². The van der Waals surface area contributed by atoms with Gasteiger partial charge in [0, 0.05) is 17.5 Å². The maximum atomic E-state index is 14.5. The molecule has 1 aliphatic heterocycles. The van der Waals surface area contributed by atoms with Gasteiger partial charge >= 0.3 is 5.92 Å². The van der Waals surface area contributed by atoms with Crippen LogP contribution in [0, 0.1) is 5.82 Å². The van der Waals surface area contributed by atoms with Gasteiger partial charge in [-0.1, -0.05) is 0 Å². The van der Waals surface area contributed by atoms with E-state index in [9.17, 15) is 26.7 Å². The van der Waals surface area contributed by atoms with Gasteiger partial charge in [-0.05, 0) is 25.1 Å². The molecule has 1 atom stereocenters. The van der Waals surface area contributed by atoms with Crippen molar-refractivity contribution >= 4 is 17.5 Å². The summed E-state index contributed by atoms with van der Waals surface area (Å²) in [6.45, 7) is -0.179. The Balaban J connectivity index is 1.95. The minimum absolute atomic E-state index is 0.0761. The molecule has 2 aromatic rings. The van der Waals surface area contributed by atoms with E-state index in [2.05, 4.69) is 19.7 Å². The van der Waals surface area contributed by atoms with E-state index < -0.39 is 59.8 Å². The van der Waals surface area contributed by atoms with Crippen molar-refractivity contribution in [3.63, 3.8) is 0 Å². The molecule has 0 spiro atoms. The van der Waals surface area contributed by atoms with Gasteiger partial charge in [0.2, 0.25) is 0 Å². The number of hydrogen-bond donors (Lipinski definition) is 2. The van der Waals surface area contributed by atoms with Crippen LogP contribution >= 0.6 is 0 Å². The highest BCUT2D eigenvalue weighted by atomic mass is 19.3. The van der Waals surface area contributed by atoms with Crippen LogP contribution in [0.3, 0.4) is 0 Å². The fourth-order valence-electron chi connectivity index (χ4n) is 2.89. The lowest BCUT2D eigenvalue weighted by molar-refractivity contribution is -0.118. The summed E-state index contributed by atoms with van der Waals surface area (Å²) in [5.74, 6) is -5.43. The first-order valence-corrected chi connectivity index (χ1v) is 8.53. The molecule has 0 saturated heterocycles. The van der Waals surface area contributed by atoms with Crippen LogP contribution in [0.4, 0.5) is 27.6 Å². The Kier molecular flexibility index (Phi) is 5.35. The molecule has 3 heterocycles. The number of aliphatic imine (C=N–C) groups is 1. The standard InChI is InChI=1S/C18H16F5N5O2/c1-17(18(22,23)7-30-16(25)28-17)14-10(19)3-2-9(27-14)5-12(29)13-11(24)4-8(6-26-13)15(20)21/h2-4,6,15H,5,7,24H2,1H3,(H2,25,28)/t17-/m1/s1. The van der Waals surface area contributed by atoms with Gasteiger partial charge in [-0.3, -0.25) is 14.8 Å². The molecule has 0 bridgehead atoms. The molecule has 3 rings (SSSR count). The van der Waals surface area contributed by atoms with Crippen molar-refractivity contribution in [2.24, 2.45) is 10.7 Å². The zero-order chi connectivity index (χ0) is 22.3. The summed E-state index contributed by atoms with van der Waals surface area (Å²) in [5, 5.41) is 0. The topological polar surface area (TPSA) is 116 Å². The number of nitrogen functional groups attached to an aromatic ring is 1. The average Bonchev–Trinajstić information content (AvgIpc) is 2.66. The number of aromatic nitrogens is 2. The summed E-state index contributed by atoms with van der Waals surface area (Å²) in [5.41, 5.74) is 6.70. The molecule has 4 N–H and O–H groups in total. The van der Waals surface area contributed by atoms with Crippen molar-refractivity contribution in [3.05, 3.63) is 52.9 Å². The van der Waals surface area contributed by atoms with E-state index in [1.54, 1.807) is 0 Å². The lowest BCUT2D eigenvalue weighted by atomic mass is 9.88. The summed E-state index contributed by atoms with van der Waals surface area (Å²) in [6, 6.07) is 2.34. The van der Waals surface area contributed by atoms with Crippen LogP contribution in [0.15, 0.2) is 29.4 Å². The number of pyridine rings is 2. The maximum absolute atomic E-state index is 14.5. The Bertz CT molecular complexity index is 1030. The first kappa shape index (κ1) is 21.4. The minimum Gasteiger partial charge on any atom is -0.459 e. The van der Waals surface area contributed by atoms with Crippen LogP contribution < -0.4 is 11.5 Å². The van der Waals surface area contributed by atoms with E-state index in [1.165, 1.54) is 0 Å². The minimum atomic E-state index is -3.64. The van der Waals surface area contributed by atoms with Gasteiger partial charge in [-0.25, -0.2) is 18.2 Å². The van der Waals surface area contributed by atoms with Gasteiger partial charge in [0.25, 0.3) is 12.4 Å². The van der Waals surface area contributed by atoms with Gasteiger partial charge in [0.15, 0.2) is 17.9 Å². The van der Waals surface area contributed by atoms with Crippen LogP contribution in [-0.4, -0.2) is 34.3 Å². The van der Waals surface area contributed by atoms with Crippen molar-refractivity contribution in [3.8, 4) is 0 Å². The summed E-state index contributed by atoms with van der Waals surface area (Å²) in [6.07, 6.45) is -2.51. The average molecular weight is 429 g/mol. The second-order valence-corrected chi connectivity index (χ2v) is 6.76. The van der Waals surface area contributed by atoms with E-state index in [4.69, 9.17) is 11.5 Å². The SMILES string of the molecule is C[C@]1(c2nc(CC(=O)c3ncc(C(F)F)cc3N)ccc2F)N=C(N)OCC1(F)F. The van der Waals surface area contributed by atoms with Gasteiger partial charge in [-0.15, -0.1) is 0 Å². The molecule has 30 heavy (non-hydrogen) atoms. The molecule has 0 saturated carbocycles. The number of halogens is 5. The number of carbonyl (C=O) groups excluding carboxylic acids is 1. The third-order valence-corrected chi connectivity index (χ3v) is 4.61. The Hall–Kier alpha value is -3.31. The highest BCUT2D eigenvalue weighted by Crippen LogP contribution is 2.43. The van der Waals surface area contributed by atoms with E-state index in [-0.39, 0.29) is 17.1 Å². The number of carbonyl (C=O) groups is 1. The summed E-state index contributed by atoms with van der Waals surface area (Å²) < 4.78 is 73.2.